The van der Waals surface area contributed by atoms with Gasteiger partial charge in [0.2, 0.25) is 0 Å². The molecule has 4 rings (SSSR count). The van der Waals surface area contributed by atoms with Crippen molar-refractivity contribution >= 4 is 0 Å². The molecule has 4 aliphatic carbocycles. The van der Waals surface area contributed by atoms with Crippen molar-refractivity contribution in [1.82, 2.24) is 4.90 Å². The minimum absolute atomic E-state index is 0.0357. The molecule has 4 saturated carbocycles. The van der Waals surface area contributed by atoms with E-state index in [4.69, 9.17) is 0 Å². The SMILES string of the molecule is CN(CCO)[C@H]1CC[C@@H]2[C@H]3CC[C@H]4C[C@H](O)CC[C@]4(C)[C@H]3CC[C@@]21C. The molecule has 0 radical (unpaired) electrons. The summed E-state index contributed by atoms with van der Waals surface area (Å²) in [6.07, 6.45) is 11.5. The zero-order chi connectivity index (χ0) is 17.8. The first-order chi connectivity index (χ1) is 11.9. The van der Waals surface area contributed by atoms with Crippen molar-refractivity contribution in [3.05, 3.63) is 0 Å². The summed E-state index contributed by atoms with van der Waals surface area (Å²) in [5, 5.41) is 19.6. The maximum atomic E-state index is 10.2. The van der Waals surface area contributed by atoms with Crippen LogP contribution in [0.4, 0.5) is 0 Å². The molecule has 0 heterocycles. The largest absolute Gasteiger partial charge is 0.395 e. The van der Waals surface area contributed by atoms with Crippen LogP contribution in [0, 0.1) is 34.5 Å². The minimum atomic E-state index is -0.0357. The van der Waals surface area contributed by atoms with Crippen LogP contribution in [-0.2, 0) is 0 Å². The molecule has 0 spiro atoms. The summed E-state index contributed by atoms with van der Waals surface area (Å²) in [5.74, 6) is 3.43. The van der Waals surface area contributed by atoms with Gasteiger partial charge in [-0.3, -0.25) is 0 Å². The van der Waals surface area contributed by atoms with Crippen molar-refractivity contribution < 1.29 is 10.2 Å². The van der Waals surface area contributed by atoms with E-state index in [1.165, 1.54) is 44.9 Å². The Morgan fingerprint density at radius 3 is 2.40 bits per heavy atom. The lowest BCUT2D eigenvalue weighted by atomic mass is 9.45. The average Bonchev–Trinajstić information content (AvgIpc) is 2.93. The Balaban J connectivity index is 1.56. The third-order valence-electron chi connectivity index (χ3n) is 9.57. The van der Waals surface area contributed by atoms with E-state index < -0.39 is 0 Å². The number of hydrogen-bond acceptors (Lipinski definition) is 3. The number of fused-ring (bicyclic) bond motifs is 5. The average molecular weight is 350 g/mol. The second-order valence-electron chi connectivity index (χ2n) is 10.4. The Bertz CT molecular complexity index is 496. The highest BCUT2D eigenvalue weighted by molar-refractivity contribution is 5.11. The van der Waals surface area contributed by atoms with Crippen LogP contribution >= 0.6 is 0 Å². The molecular formula is C22H39NO2. The van der Waals surface area contributed by atoms with E-state index in [0.717, 1.165) is 43.1 Å². The van der Waals surface area contributed by atoms with Crippen LogP contribution in [-0.4, -0.2) is 47.5 Å². The maximum Gasteiger partial charge on any atom is 0.0558 e. The van der Waals surface area contributed by atoms with Gasteiger partial charge >= 0.3 is 0 Å². The summed E-state index contributed by atoms with van der Waals surface area (Å²) >= 11 is 0. The molecule has 2 N–H and O–H groups in total. The molecular weight excluding hydrogens is 310 g/mol. The van der Waals surface area contributed by atoms with Gasteiger partial charge in [0, 0.05) is 12.6 Å². The van der Waals surface area contributed by atoms with Gasteiger partial charge in [-0.25, -0.2) is 0 Å². The van der Waals surface area contributed by atoms with Gasteiger partial charge in [-0.2, -0.15) is 0 Å². The van der Waals surface area contributed by atoms with Crippen molar-refractivity contribution in [2.24, 2.45) is 34.5 Å². The van der Waals surface area contributed by atoms with E-state index in [2.05, 4.69) is 25.8 Å². The van der Waals surface area contributed by atoms with Gasteiger partial charge in [0.05, 0.1) is 12.7 Å². The number of aliphatic hydroxyl groups excluding tert-OH is 2. The first kappa shape index (κ1) is 18.3. The molecule has 25 heavy (non-hydrogen) atoms. The molecule has 3 nitrogen and oxygen atoms in total. The van der Waals surface area contributed by atoms with Crippen molar-refractivity contribution in [3.63, 3.8) is 0 Å². The molecule has 8 atom stereocenters. The Kier molecular flexibility index (Phi) is 4.74. The smallest absolute Gasteiger partial charge is 0.0558 e. The highest BCUT2D eigenvalue weighted by Crippen LogP contribution is 2.66. The van der Waals surface area contributed by atoms with E-state index >= 15 is 0 Å². The summed E-state index contributed by atoms with van der Waals surface area (Å²) in [6.45, 7) is 6.24. The van der Waals surface area contributed by atoms with Crippen molar-refractivity contribution in [1.29, 1.82) is 0 Å². The van der Waals surface area contributed by atoms with Crippen molar-refractivity contribution in [3.8, 4) is 0 Å². The van der Waals surface area contributed by atoms with Gasteiger partial charge in [-0.05, 0) is 99.3 Å². The Hall–Kier alpha value is -0.120. The third kappa shape index (κ3) is 2.72. The summed E-state index contributed by atoms with van der Waals surface area (Å²) in [5.41, 5.74) is 0.932. The molecule has 4 aliphatic rings. The second kappa shape index (κ2) is 6.49. The predicted molar refractivity (Wildman–Crippen MR) is 101 cm³/mol. The van der Waals surface area contributed by atoms with Crippen molar-refractivity contribution in [2.75, 3.05) is 20.2 Å². The fourth-order valence-corrected chi connectivity index (χ4v) is 8.25. The summed E-state index contributed by atoms with van der Waals surface area (Å²) in [7, 11) is 2.22. The Labute approximate surface area is 154 Å². The highest BCUT2D eigenvalue weighted by atomic mass is 16.3. The van der Waals surface area contributed by atoms with E-state index in [0.29, 0.717) is 16.9 Å². The van der Waals surface area contributed by atoms with E-state index in [9.17, 15) is 10.2 Å². The standard InChI is InChI=1S/C22H39NO2/c1-21-10-8-16(25)14-15(21)4-5-17-18-6-7-20(23(3)12-13-24)22(18,2)11-9-19(17)21/h15-20,24-25H,4-14H2,1-3H3/t15-,16+,17+,18+,19-,20-,21-,22-/m0/s1. The van der Waals surface area contributed by atoms with Crippen LogP contribution in [0.15, 0.2) is 0 Å². The second-order valence-corrected chi connectivity index (χ2v) is 10.4. The normalized spacial score (nSPS) is 52.6. The molecule has 0 aromatic heterocycles. The maximum absolute atomic E-state index is 10.2. The Morgan fingerprint density at radius 2 is 1.64 bits per heavy atom. The van der Waals surface area contributed by atoms with Gasteiger partial charge in [0.15, 0.2) is 0 Å². The molecule has 0 aromatic carbocycles. The van der Waals surface area contributed by atoms with Crippen molar-refractivity contribution in [2.45, 2.75) is 83.8 Å². The van der Waals surface area contributed by atoms with Gasteiger partial charge in [-0.1, -0.05) is 13.8 Å². The van der Waals surface area contributed by atoms with Crippen LogP contribution < -0.4 is 0 Å². The van der Waals surface area contributed by atoms with E-state index in [1.807, 2.05) is 0 Å². The lowest BCUT2D eigenvalue weighted by Crippen LogP contribution is -2.56. The lowest BCUT2D eigenvalue weighted by molar-refractivity contribution is -0.128. The van der Waals surface area contributed by atoms with Gasteiger partial charge in [-0.15, -0.1) is 0 Å². The molecule has 0 saturated heterocycles. The molecule has 4 fully saturated rings. The summed E-state index contributed by atoms with van der Waals surface area (Å²) in [6, 6.07) is 0.657. The number of hydrogen-bond donors (Lipinski definition) is 2. The quantitative estimate of drug-likeness (QED) is 0.817. The van der Waals surface area contributed by atoms with E-state index in [1.54, 1.807) is 0 Å². The highest BCUT2D eigenvalue weighted by Gasteiger charge is 2.60. The first-order valence-electron chi connectivity index (χ1n) is 10.9. The molecule has 0 unspecified atom stereocenters. The summed E-state index contributed by atoms with van der Waals surface area (Å²) in [4.78, 5) is 2.45. The first-order valence-corrected chi connectivity index (χ1v) is 10.9. The lowest BCUT2D eigenvalue weighted by Gasteiger charge is -2.61. The van der Waals surface area contributed by atoms with Crippen LogP contribution in [0.3, 0.4) is 0 Å². The monoisotopic (exact) mass is 349 g/mol. The van der Waals surface area contributed by atoms with Crippen LogP contribution in [0.25, 0.3) is 0 Å². The van der Waals surface area contributed by atoms with Gasteiger partial charge in [0.1, 0.15) is 0 Å². The number of aliphatic hydroxyl groups is 2. The molecule has 3 heteroatoms. The summed E-state index contributed by atoms with van der Waals surface area (Å²) < 4.78 is 0. The van der Waals surface area contributed by atoms with E-state index in [-0.39, 0.29) is 12.7 Å². The van der Waals surface area contributed by atoms with Crippen LogP contribution in [0.1, 0.15) is 71.6 Å². The Morgan fingerprint density at radius 1 is 0.920 bits per heavy atom. The van der Waals surface area contributed by atoms with Crippen LogP contribution in [0.2, 0.25) is 0 Å². The minimum Gasteiger partial charge on any atom is -0.395 e. The zero-order valence-corrected chi connectivity index (χ0v) is 16.6. The van der Waals surface area contributed by atoms with Gasteiger partial charge < -0.3 is 15.1 Å². The molecule has 0 amide bonds. The number of nitrogens with zero attached hydrogens (tertiary/aromatic N) is 1. The fourth-order valence-electron chi connectivity index (χ4n) is 8.25. The third-order valence-corrected chi connectivity index (χ3v) is 9.57. The molecule has 0 aliphatic heterocycles. The molecule has 0 bridgehead atoms. The van der Waals surface area contributed by atoms with Gasteiger partial charge in [0.25, 0.3) is 0 Å². The molecule has 144 valence electrons. The predicted octanol–water partition coefficient (Wildman–Crippen LogP) is 3.68. The topological polar surface area (TPSA) is 43.7 Å². The zero-order valence-electron chi connectivity index (χ0n) is 16.6. The number of rotatable bonds is 3. The fraction of sp³-hybridized carbons (Fsp3) is 1.00. The van der Waals surface area contributed by atoms with Crippen LogP contribution in [0.5, 0.6) is 0 Å². The molecule has 0 aromatic rings. The number of likely N-dealkylation sites (N-methyl/N-ethyl adjacent to an activating group) is 1.